The van der Waals surface area contributed by atoms with Gasteiger partial charge in [0.15, 0.2) is 23.1 Å². The first-order valence-electron chi connectivity index (χ1n) is 6.65. The van der Waals surface area contributed by atoms with Crippen molar-refractivity contribution in [1.29, 1.82) is 0 Å². The molecule has 0 aliphatic heterocycles. The number of aromatic hydroxyl groups is 2. The third kappa shape index (κ3) is 3.21. The van der Waals surface area contributed by atoms with Gasteiger partial charge in [0.2, 0.25) is 5.88 Å². The van der Waals surface area contributed by atoms with Crippen LogP contribution in [0.4, 0.5) is 8.78 Å². The molecular formula is C17H11F2NO3. The zero-order valence-electron chi connectivity index (χ0n) is 11.7. The van der Waals surface area contributed by atoms with Crippen molar-refractivity contribution in [3.05, 3.63) is 66.2 Å². The fourth-order valence-electron chi connectivity index (χ4n) is 1.98. The summed E-state index contributed by atoms with van der Waals surface area (Å²) < 4.78 is 31.9. The minimum atomic E-state index is -0.751. The Morgan fingerprint density at radius 1 is 0.826 bits per heavy atom. The maximum Gasteiger partial charge on any atom is 0.219 e. The van der Waals surface area contributed by atoms with Crippen LogP contribution in [0, 0.1) is 11.6 Å². The smallest absolute Gasteiger partial charge is 0.219 e. The second-order valence-corrected chi connectivity index (χ2v) is 4.74. The Kier molecular flexibility index (Phi) is 3.80. The Bertz CT molecular complexity index is 868. The van der Waals surface area contributed by atoms with E-state index in [-0.39, 0.29) is 11.6 Å². The predicted molar refractivity (Wildman–Crippen MR) is 79.4 cm³/mol. The van der Waals surface area contributed by atoms with E-state index < -0.39 is 23.1 Å². The Labute approximate surface area is 130 Å². The highest BCUT2D eigenvalue weighted by Gasteiger charge is 2.08. The lowest BCUT2D eigenvalue weighted by Gasteiger charge is -2.08. The second-order valence-electron chi connectivity index (χ2n) is 4.74. The normalized spacial score (nSPS) is 10.5. The summed E-state index contributed by atoms with van der Waals surface area (Å²) in [5, 5.41) is 18.5. The maximum absolute atomic E-state index is 13.4. The van der Waals surface area contributed by atoms with Crippen LogP contribution < -0.4 is 4.74 Å². The number of hydrogen-bond donors (Lipinski definition) is 2. The molecule has 0 aliphatic carbocycles. The van der Waals surface area contributed by atoms with Gasteiger partial charge in [0.25, 0.3) is 0 Å². The molecule has 116 valence electrons. The van der Waals surface area contributed by atoms with E-state index in [1.807, 2.05) is 0 Å². The van der Waals surface area contributed by atoms with Gasteiger partial charge in [0.1, 0.15) is 5.75 Å². The summed E-state index contributed by atoms with van der Waals surface area (Å²) in [5.74, 6) is -2.06. The molecular weight excluding hydrogens is 304 g/mol. The number of halogens is 2. The summed E-state index contributed by atoms with van der Waals surface area (Å²) in [6, 6.07) is 12.3. The van der Waals surface area contributed by atoms with Gasteiger partial charge in [0, 0.05) is 17.7 Å². The number of rotatable bonds is 3. The Morgan fingerprint density at radius 3 is 2.39 bits per heavy atom. The molecule has 2 N–H and O–H groups in total. The van der Waals surface area contributed by atoms with Crippen molar-refractivity contribution >= 4 is 0 Å². The third-order valence-corrected chi connectivity index (χ3v) is 3.11. The van der Waals surface area contributed by atoms with Gasteiger partial charge in [-0.25, -0.2) is 13.8 Å². The monoisotopic (exact) mass is 315 g/mol. The molecule has 0 unspecified atom stereocenters. The van der Waals surface area contributed by atoms with E-state index in [2.05, 4.69) is 4.98 Å². The Balaban J connectivity index is 1.90. The molecule has 0 amide bonds. The molecule has 0 spiro atoms. The number of nitrogens with zero attached hydrogens (tertiary/aromatic N) is 1. The molecule has 0 aliphatic rings. The molecule has 3 aromatic rings. The maximum atomic E-state index is 13.4. The molecule has 4 nitrogen and oxygen atoms in total. The van der Waals surface area contributed by atoms with Gasteiger partial charge >= 0.3 is 0 Å². The first-order valence-corrected chi connectivity index (χ1v) is 6.65. The largest absolute Gasteiger partial charge is 0.505 e. The van der Waals surface area contributed by atoms with E-state index >= 15 is 0 Å². The predicted octanol–water partition coefficient (Wildman–Crippen LogP) is 4.23. The van der Waals surface area contributed by atoms with Crippen molar-refractivity contribution in [2.45, 2.75) is 0 Å². The molecule has 0 saturated carbocycles. The summed E-state index contributed by atoms with van der Waals surface area (Å²) in [7, 11) is 0. The number of benzene rings is 2. The Hall–Kier alpha value is -3.15. The average molecular weight is 315 g/mol. The van der Waals surface area contributed by atoms with Crippen LogP contribution in [0.3, 0.4) is 0 Å². The first kappa shape index (κ1) is 14.8. The van der Waals surface area contributed by atoms with Gasteiger partial charge in [-0.3, -0.25) is 0 Å². The molecule has 6 heteroatoms. The van der Waals surface area contributed by atoms with E-state index in [9.17, 15) is 19.0 Å². The topological polar surface area (TPSA) is 62.6 Å². The lowest BCUT2D eigenvalue weighted by atomic mass is 10.1. The van der Waals surface area contributed by atoms with Gasteiger partial charge in [-0.15, -0.1) is 0 Å². The van der Waals surface area contributed by atoms with E-state index in [0.717, 1.165) is 18.2 Å². The SMILES string of the molecule is Oc1cc(Oc2cccc(-c3ccc(O)c(F)c3)n2)ccc1F. The standard InChI is InChI=1S/C17H11F2NO3/c18-12-6-5-11(9-16(12)22)23-17-3-1-2-14(20-17)10-4-7-15(21)13(19)8-10/h1-9,21-22H. The molecule has 0 fully saturated rings. The average Bonchev–Trinajstić information content (AvgIpc) is 2.54. The summed E-state index contributed by atoms with van der Waals surface area (Å²) in [6.07, 6.45) is 0. The van der Waals surface area contributed by atoms with E-state index in [1.165, 1.54) is 18.2 Å². The van der Waals surface area contributed by atoms with Crippen LogP contribution >= 0.6 is 0 Å². The van der Waals surface area contributed by atoms with Crippen molar-refractivity contribution in [2.75, 3.05) is 0 Å². The van der Waals surface area contributed by atoms with Gasteiger partial charge in [0.05, 0.1) is 5.69 Å². The lowest BCUT2D eigenvalue weighted by Crippen LogP contribution is -1.91. The van der Waals surface area contributed by atoms with Gasteiger partial charge in [-0.05, 0) is 36.4 Å². The number of hydrogen-bond acceptors (Lipinski definition) is 4. The van der Waals surface area contributed by atoms with E-state index in [4.69, 9.17) is 4.74 Å². The lowest BCUT2D eigenvalue weighted by molar-refractivity contribution is 0.418. The zero-order chi connectivity index (χ0) is 16.4. The van der Waals surface area contributed by atoms with Crippen LogP contribution in [0.2, 0.25) is 0 Å². The minimum Gasteiger partial charge on any atom is -0.505 e. The van der Waals surface area contributed by atoms with Gasteiger partial charge in [-0.2, -0.15) is 0 Å². The Morgan fingerprint density at radius 2 is 1.65 bits per heavy atom. The van der Waals surface area contributed by atoms with Gasteiger partial charge in [-0.1, -0.05) is 6.07 Å². The summed E-state index contributed by atoms with van der Waals surface area (Å²) in [4.78, 5) is 4.22. The van der Waals surface area contributed by atoms with Crippen molar-refractivity contribution in [1.82, 2.24) is 4.98 Å². The van der Waals surface area contributed by atoms with Crippen LogP contribution in [0.1, 0.15) is 0 Å². The van der Waals surface area contributed by atoms with Gasteiger partial charge < -0.3 is 14.9 Å². The van der Waals surface area contributed by atoms with Crippen LogP contribution in [0.5, 0.6) is 23.1 Å². The molecule has 0 radical (unpaired) electrons. The zero-order valence-corrected chi connectivity index (χ0v) is 11.7. The van der Waals surface area contributed by atoms with Crippen LogP contribution in [-0.4, -0.2) is 15.2 Å². The fourth-order valence-corrected chi connectivity index (χ4v) is 1.98. The summed E-state index contributed by atoms with van der Waals surface area (Å²) in [5.41, 5.74) is 0.903. The minimum absolute atomic E-state index is 0.196. The molecule has 1 heterocycles. The fraction of sp³-hybridized carbons (Fsp3) is 0. The summed E-state index contributed by atoms with van der Waals surface area (Å²) >= 11 is 0. The molecule has 23 heavy (non-hydrogen) atoms. The van der Waals surface area contributed by atoms with Crippen molar-refractivity contribution in [2.24, 2.45) is 0 Å². The molecule has 3 rings (SSSR count). The van der Waals surface area contributed by atoms with Crippen LogP contribution in [0.15, 0.2) is 54.6 Å². The number of phenolic OH excluding ortho intramolecular Hbond substituents is 2. The molecule has 0 saturated heterocycles. The number of phenols is 2. The van der Waals surface area contributed by atoms with Crippen molar-refractivity contribution in [3.8, 4) is 34.4 Å². The van der Waals surface area contributed by atoms with Crippen LogP contribution in [0.25, 0.3) is 11.3 Å². The molecule has 0 bridgehead atoms. The number of ether oxygens (including phenoxy) is 1. The third-order valence-electron chi connectivity index (χ3n) is 3.11. The summed E-state index contributed by atoms with van der Waals surface area (Å²) in [6.45, 7) is 0. The highest BCUT2D eigenvalue weighted by molar-refractivity contribution is 5.61. The quantitative estimate of drug-likeness (QED) is 0.759. The number of aromatic nitrogens is 1. The van der Waals surface area contributed by atoms with Crippen LogP contribution in [-0.2, 0) is 0 Å². The molecule has 1 aromatic heterocycles. The highest BCUT2D eigenvalue weighted by atomic mass is 19.1. The van der Waals surface area contributed by atoms with E-state index in [0.29, 0.717) is 11.3 Å². The van der Waals surface area contributed by atoms with Crippen molar-refractivity contribution in [3.63, 3.8) is 0 Å². The highest BCUT2D eigenvalue weighted by Crippen LogP contribution is 2.28. The first-order chi connectivity index (χ1) is 11.0. The molecule has 0 atom stereocenters. The number of pyridine rings is 1. The van der Waals surface area contributed by atoms with E-state index in [1.54, 1.807) is 18.2 Å². The molecule has 2 aromatic carbocycles. The van der Waals surface area contributed by atoms with Crippen molar-refractivity contribution < 1.29 is 23.7 Å². The second kappa shape index (κ2) is 5.92.